The zero-order valence-electron chi connectivity index (χ0n) is 9.17. The Morgan fingerprint density at radius 3 is 2.79 bits per heavy atom. The van der Waals surface area contributed by atoms with Crippen LogP contribution in [0.3, 0.4) is 0 Å². The second-order valence-corrected chi connectivity index (χ2v) is 3.90. The Labute approximate surface area is 87.1 Å². The third-order valence-corrected chi connectivity index (χ3v) is 2.72. The Hall–Kier alpha value is -0.380. The number of nitrogens with zero attached hydrogens (tertiary/aromatic N) is 1. The van der Waals surface area contributed by atoms with Gasteiger partial charge in [-0.3, -0.25) is 4.90 Å². The SMILES string of the molecule is C=CCN(CCOC)CCC1CNC1. The molecule has 0 aromatic heterocycles. The molecule has 0 aromatic carbocycles. The predicted molar refractivity (Wildman–Crippen MR) is 59.5 cm³/mol. The summed E-state index contributed by atoms with van der Waals surface area (Å²) in [4.78, 5) is 2.40. The van der Waals surface area contributed by atoms with Crippen molar-refractivity contribution >= 4 is 0 Å². The molecule has 1 heterocycles. The van der Waals surface area contributed by atoms with Gasteiger partial charge in [0.2, 0.25) is 0 Å². The molecule has 1 aliphatic rings. The first-order valence-electron chi connectivity index (χ1n) is 5.39. The lowest BCUT2D eigenvalue weighted by Gasteiger charge is -2.29. The largest absolute Gasteiger partial charge is 0.383 e. The van der Waals surface area contributed by atoms with Crippen LogP contribution in [-0.2, 0) is 4.74 Å². The van der Waals surface area contributed by atoms with Crippen LogP contribution in [0.5, 0.6) is 0 Å². The highest BCUT2D eigenvalue weighted by Crippen LogP contribution is 2.08. The van der Waals surface area contributed by atoms with Crippen molar-refractivity contribution in [3.63, 3.8) is 0 Å². The maximum Gasteiger partial charge on any atom is 0.0589 e. The fraction of sp³-hybridized carbons (Fsp3) is 0.818. The number of rotatable bonds is 8. The fourth-order valence-corrected chi connectivity index (χ4v) is 1.62. The Bertz CT molecular complexity index is 157. The number of ether oxygens (including phenoxy) is 1. The molecule has 0 bridgehead atoms. The van der Waals surface area contributed by atoms with Crippen molar-refractivity contribution < 1.29 is 4.74 Å². The van der Waals surface area contributed by atoms with E-state index in [1.807, 2.05) is 6.08 Å². The molecule has 0 radical (unpaired) electrons. The molecule has 0 unspecified atom stereocenters. The van der Waals surface area contributed by atoms with Crippen LogP contribution in [0.4, 0.5) is 0 Å². The summed E-state index contributed by atoms with van der Waals surface area (Å²) in [5, 5.41) is 3.30. The number of hydrogen-bond donors (Lipinski definition) is 1. The van der Waals surface area contributed by atoms with Gasteiger partial charge in [-0.25, -0.2) is 0 Å². The normalized spacial score (nSPS) is 17.0. The van der Waals surface area contributed by atoms with Crippen LogP contribution in [0.25, 0.3) is 0 Å². The van der Waals surface area contributed by atoms with Gasteiger partial charge in [0.05, 0.1) is 6.61 Å². The van der Waals surface area contributed by atoms with Crippen molar-refractivity contribution in [2.45, 2.75) is 6.42 Å². The van der Waals surface area contributed by atoms with Gasteiger partial charge < -0.3 is 10.1 Å². The molecule has 0 amide bonds. The van der Waals surface area contributed by atoms with E-state index >= 15 is 0 Å². The number of hydrogen-bond acceptors (Lipinski definition) is 3. The van der Waals surface area contributed by atoms with Gasteiger partial charge in [0, 0.05) is 20.2 Å². The monoisotopic (exact) mass is 198 g/mol. The quantitative estimate of drug-likeness (QED) is 0.582. The van der Waals surface area contributed by atoms with E-state index in [-0.39, 0.29) is 0 Å². The van der Waals surface area contributed by atoms with Gasteiger partial charge in [0.15, 0.2) is 0 Å². The summed E-state index contributed by atoms with van der Waals surface area (Å²) >= 11 is 0. The number of methoxy groups -OCH3 is 1. The van der Waals surface area contributed by atoms with Crippen LogP contribution >= 0.6 is 0 Å². The molecule has 0 aromatic rings. The van der Waals surface area contributed by atoms with Gasteiger partial charge in [-0.05, 0) is 32.0 Å². The summed E-state index contributed by atoms with van der Waals surface area (Å²) in [5.41, 5.74) is 0. The molecule has 3 heteroatoms. The third-order valence-electron chi connectivity index (χ3n) is 2.72. The van der Waals surface area contributed by atoms with E-state index in [2.05, 4.69) is 16.8 Å². The summed E-state index contributed by atoms with van der Waals surface area (Å²) in [7, 11) is 1.75. The van der Waals surface area contributed by atoms with E-state index in [0.29, 0.717) is 0 Å². The van der Waals surface area contributed by atoms with Gasteiger partial charge in [-0.1, -0.05) is 6.08 Å². The van der Waals surface area contributed by atoms with Gasteiger partial charge in [-0.2, -0.15) is 0 Å². The first-order chi connectivity index (χ1) is 6.86. The topological polar surface area (TPSA) is 24.5 Å². The zero-order valence-corrected chi connectivity index (χ0v) is 9.17. The average molecular weight is 198 g/mol. The highest BCUT2D eigenvalue weighted by Gasteiger charge is 2.17. The van der Waals surface area contributed by atoms with E-state index in [1.165, 1.54) is 26.1 Å². The van der Waals surface area contributed by atoms with Gasteiger partial charge >= 0.3 is 0 Å². The standard InChI is InChI=1S/C11H22N2O/c1-3-5-13(7-8-14-2)6-4-11-9-12-10-11/h3,11-12H,1,4-10H2,2H3. The summed E-state index contributed by atoms with van der Waals surface area (Å²) < 4.78 is 5.08. The van der Waals surface area contributed by atoms with Crippen molar-refractivity contribution in [3.05, 3.63) is 12.7 Å². The van der Waals surface area contributed by atoms with Crippen molar-refractivity contribution in [3.8, 4) is 0 Å². The van der Waals surface area contributed by atoms with Gasteiger partial charge in [0.25, 0.3) is 0 Å². The molecular weight excluding hydrogens is 176 g/mol. The lowest BCUT2D eigenvalue weighted by atomic mass is 9.99. The van der Waals surface area contributed by atoms with Gasteiger partial charge in [0.1, 0.15) is 0 Å². The Morgan fingerprint density at radius 2 is 2.29 bits per heavy atom. The first-order valence-corrected chi connectivity index (χ1v) is 5.39. The molecule has 0 saturated carbocycles. The van der Waals surface area contributed by atoms with E-state index < -0.39 is 0 Å². The Balaban J connectivity index is 2.09. The molecule has 1 aliphatic heterocycles. The van der Waals surface area contributed by atoms with Crippen molar-refractivity contribution in [1.82, 2.24) is 10.2 Å². The maximum atomic E-state index is 5.08. The molecule has 1 rings (SSSR count). The highest BCUT2D eigenvalue weighted by atomic mass is 16.5. The second-order valence-electron chi connectivity index (χ2n) is 3.90. The number of nitrogens with one attached hydrogen (secondary N) is 1. The summed E-state index contributed by atoms with van der Waals surface area (Å²) in [6.07, 6.45) is 3.26. The molecule has 1 N–H and O–H groups in total. The fourth-order valence-electron chi connectivity index (χ4n) is 1.62. The van der Waals surface area contributed by atoms with E-state index in [9.17, 15) is 0 Å². The third kappa shape index (κ3) is 4.22. The Morgan fingerprint density at radius 1 is 1.50 bits per heavy atom. The maximum absolute atomic E-state index is 5.08. The van der Waals surface area contributed by atoms with Crippen LogP contribution < -0.4 is 5.32 Å². The molecule has 0 spiro atoms. The molecule has 0 atom stereocenters. The van der Waals surface area contributed by atoms with Gasteiger partial charge in [-0.15, -0.1) is 6.58 Å². The second kappa shape index (κ2) is 6.98. The van der Waals surface area contributed by atoms with Crippen LogP contribution in [0.2, 0.25) is 0 Å². The minimum atomic E-state index is 0.816. The highest BCUT2D eigenvalue weighted by molar-refractivity contribution is 4.78. The van der Waals surface area contributed by atoms with Crippen LogP contribution in [-0.4, -0.2) is 51.3 Å². The molecule has 14 heavy (non-hydrogen) atoms. The smallest absolute Gasteiger partial charge is 0.0589 e. The zero-order chi connectivity index (χ0) is 10.2. The molecular formula is C11H22N2O. The Kier molecular flexibility index (Phi) is 5.83. The molecule has 82 valence electrons. The van der Waals surface area contributed by atoms with Crippen LogP contribution in [0, 0.1) is 5.92 Å². The minimum absolute atomic E-state index is 0.816. The van der Waals surface area contributed by atoms with E-state index in [4.69, 9.17) is 4.74 Å². The van der Waals surface area contributed by atoms with Crippen LogP contribution in [0.1, 0.15) is 6.42 Å². The minimum Gasteiger partial charge on any atom is -0.383 e. The van der Waals surface area contributed by atoms with E-state index in [1.54, 1.807) is 7.11 Å². The van der Waals surface area contributed by atoms with Crippen molar-refractivity contribution in [1.29, 1.82) is 0 Å². The lowest BCUT2D eigenvalue weighted by Crippen LogP contribution is -2.43. The molecule has 1 fully saturated rings. The van der Waals surface area contributed by atoms with Crippen molar-refractivity contribution in [2.24, 2.45) is 5.92 Å². The lowest BCUT2D eigenvalue weighted by molar-refractivity contribution is 0.147. The molecule has 0 aliphatic carbocycles. The summed E-state index contributed by atoms with van der Waals surface area (Å²) in [5.74, 6) is 0.893. The van der Waals surface area contributed by atoms with Crippen molar-refractivity contribution in [2.75, 3.05) is 46.4 Å². The predicted octanol–water partition coefficient (Wildman–Crippen LogP) is 0.730. The summed E-state index contributed by atoms with van der Waals surface area (Å²) in [6.45, 7) is 10.2. The van der Waals surface area contributed by atoms with E-state index in [0.717, 1.165) is 25.6 Å². The average Bonchev–Trinajstić information content (AvgIpc) is 2.11. The summed E-state index contributed by atoms with van der Waals surface area (Å²) in [6, 6.07) is 0. The molecule has 3 nitrogen and oxygen atoms in total. The molecule has 1 saturated heterocycles. The first kappa shape index (κ1) is 11.7. The van der Waals surface area contributed by atoms with Crippen LogP contribution in [0.15, 0.2) is 12.7 Å².